The monoisotopic (exact) mass is 487 g/mol. The molecule has 0 atom stereocenters. The average Bonchev–Trinajstić information content (AvgIpc) is 3.20. The minimum Gasteiger partial charge on any atom is -0.385 e. The van der Waals surface area contributed by atoms with Gasteiger partial charge in [0.05, 0.1) is 28.3 Å². The highest BCUT2D eigenvalue weighted by Crippen LogP contribution is 2.30. The second kappa shape index (κ2) is 12.5. The van der Waals surface area contributed by atoms with Crippen molar-refractivity contribution in [2.45, 2.75) is 23.0 Å². The van der Waals surface area contributed by atoms with E-state index in [1.165, 1.54) is 23.5 Å². The number of thioether (sulfide) groups is 2. The van der Waals surface area contributed by atoms with E-state index in [0.717, 1.165) is 16.9 Å². The third kappa shape index (κ3) is 6.50. The number of nitrogens with one attached hydrogen (secondary N) is 1. The molecule has 1 amide bonds. The fourth-order valence-corrected chi connectivity index (χ4v) is 4.58. The molecule has 0 saturated carbocycles. The maximum Gasteiger partial charge on any atom is 0.234 e. The Morgan fingerprint density at radius 3 is 2.75 bits per heavy atom. The quantitative estimate of drug-likeness (QED) is 0.301. The fraction of sp³-hybridized carbons (Fsp3) is 0.273. The molecule has 10 heteroatoms. The molecule has 32 heavy (non-hydrogen) atoms. The van der Waals surface area contributed by atoms with Gasteiger partial charge in [-0.2, -0.15) is 5.26 Å². The molecule has 3 aromatic rings. The van der Waals surface area contributed by atoms with Crippen LogP contribution in [0.1, 0.15) is 6.42 Å². The van der Waals surface area contributed by atoms with E-state index in [4.69, 9.17) is 21.6 Å². The number of nitriles is 1. The second-order valence-electron chi connectivity index (χ2n) is 6.56. The number of carbonyl (C=O) groups is 1. The van der Waals surface area contributed by atoms with Crippen LogP contribution < -0.4 is 5.32 Å². The zero-order valence-electron chi connectivity index (χ0n) is 17.5. The standard InChI is InChI=1S/C22H22ClN5O2S2/c1-30-13-6-12-28-21(16-7-2-3-8-17(16)23)26-27-22(28)32-15-20(29)25-18-9-4-5-10-19(18)31-14-11-24/h2-5,7-10H,6,12-15H2,1H3,(H,25,29). The molecular formula is C22H22ClN5O2S2. The summed E-state index contributed by atoms with van der Waals surface area (Å²) in [5.41, 5.74) is 1.48. The number of aromatic nitrogens is 3. The van der Waals surface area contributed by atoms with E-state index in [9.17, 15) is 4.79 Å². The number of para-hydroxylation sites is 1. The topological polar surface area (TPSA) is 92.8 Å². The number of hydrogen-bond acceptors (Lipinski definition) is 7. The van der Waals surface area contributed by atoms with Crippen LogP contribution in [0.5, 0.6) is 0 Å². The Morgan fingerprint density at radius 2 is 1.97 bits per heavy atom. The van der Waals surface area contributed by atoms with Gasteiger partial charge in [0, 0.05) is 30.7 Å². The zero-order valence-corrected chi connectivity index (χ0v) is 19.8. The van der Waals surface area contributed by atoms with Crippen LogP contribution in [0.2, 0.25) is 5.02 Å². The Hall–Kier alpha value is -2.51. The highest BCUT2D eigenvalue weighted by Gasteiger charge is 2.17. The van der Waals surface area contributed by atoms with Crippen molar-refractivity contribution in [2.75, 3.05) is 30.5 Å². The van der Waals surface area contributed by atoms with Gasteiger partial charge in [-0.25, -0.2) is 0 Å². The lowest BCUT2D eigenvalue weighted by Gasteiger charge is -2.12. The average molecular weight is 488 g/mol. The van der Waals surface area contributed by atoms with Gasteiger partial charge >= 0.3 is 0 Å². The first-order valence-electron chi connectivity index (χ1n) is 9.82. The Morgan fingerprint density at radius 1 is 1.19 bits per heavy atom. The molecule has 2 aromatic carbocycles. The van der Waals surface area contributed by atoms with E-state index >= 15 is 0 Å². The van der Waals surface area contributed by atoms with Gasteiger partial charge < -0.3 is 14.6 Å². The molecule has 3 rings (SSSR count). The molecule has 166 valence electrons. The third-order valence-corrected chi connectivity index (χ3v) is 6.58. The molecule has 0 unspecified atom stereocenters. The highest BCUT2D eigenvalue weighted by molar-refractivity contribution is 8.00. The van der Waals surface area contributed by atoms with Crippen molar-refractivity contribution in [3.63, 3.8) is 0 Å². The summed E-state index contributed by atoms with van der Waals surface area (Å²) in [4.78, 5) is 13.5. The largest absolute Gasteiger partial charge is 0.385 e. The van der Waals surface area contributed by atoms with Crippen molar-refractivity contribution in [3.8, 4) is 17.5 Å². The molecule has 0 bridgehead atoms. The first-order valence-corrected chi connectivity index (χ1v) is 12.2. The lowest BCUT2D eigenvalue weighted by atomic mass is 10.2. The van der Waals surface area contributed by atoms with E-state index < -0.39 is 0 Å². The summed E-state index contributed by atoms with van der Waals surface area (Å²) in [5, 5.41) is 21.6. The number of nitrogens with zero attached hydrogens (tertiary/aromatic N) is 4. The fourth-order valence-electron chi connectivity index (χ4n) is 2.93. The van der Waals surface area contributed by atoms with Crippen LogP contribution in [0.25, 0.3) is 11.4 Å². The van der Waals surface area contributed by atoms with Gasteiger partial charge in [-0.05, 0) is 30.7 Å². The van der Waals surface area contributed by atoms with Gasteiger partial charge in [-0.1, -0.05) is 47.6 Å². The van der Waals surface area contributed by atoms with Crippen molar-refractivity contribution in [2.24, 2.45) is 0 Å². The number of hydrogen-bond donors (Lipinski definition) is 1. The molecule has 1 aromatic heterocycles. The van der Waals surface area contributed by atoms with Crippen LogP contribution in [0.4, 0.5) is 5.69 Å². The summed E-state index contributed by atoms with van der Waals surface area (Å²) >= 11 is 9.07. The molecule has 1 heterocycles. The predicted molar refractivity (Wildman–Crippen MR) is 129 cm³/mol. The number of benzene rings is 2. The molecule has 0 fully saturated rings. The van der Waals surface area contributed by atoms with Crippen molar-refractivity contribution >= 4 is 46.7 Å². The Bertz CT molecular complexity index is 1100. The summed E-state index contributed by atoms with van der Waals surface area (Å²) in [7, 11) is 1.66. The normalized spacial score (nSPS) is 10.7. The molecule has 7 nitrogen and oxygen atoms in total. The minimum atomic E-state index is -0.161. The summed E-state index contributed by atoms with van der Waals surface area (Å²) in [6.07, 6.45) is 0.773. The number of halogens is 1. The third-order valence-electron chi connectivity index (χ3n) is 4.35. The number of ether oxygens (including phenoxy) is 1. The van der Waals surface area contributed by atoms with Gasteiger partial charge in [0.2, 0.25) is 5.91 Å². The Kier molecular flexibility index (Phi) is 9.43. The number of anilines is 1. The summed E-state index contributed by atoms with van der Waals surface area (Å²) in [6.45, 7) is 1.24. The van der Waals surface area contributed by atoms with Crippen LogP contribution in [0.3, 0.4) is 0 Å². The van der Waals surface area contributed by atoms with Gasteiger partial charge in [0.1, 0.15) is 0 Å². The molecular weight excluding hydrogens is 466 g/mol. The number of rotatable bonds is 11. The maximum atomic E-state index is 12.6. The van der Waals surface area contributed by atoms with Crippen LogP contribution in [-0.4, -0.2) is 45.9 Å². The number of amides is 1. The maximum absolute atomic E-state index is 12.6. The van der Waals surface area contributed by atoms with Gasteiger partial charge in [-0.3, -0.25) is 4.79 Å². The van der Waals surface area contributed by atoms with Crippen LogP contribution in [-0.2, 0) is 16.1 Å². The van der Waals surface area contributed by atoms with Gasteiger partial charge in [-0.15, -0.1) is 22.0 Å². The summed E-state index contributed by atoms with van der Waals surface area (Å²) < 4.78 is 7.15. The van der Waals surface area contributed by atoms with E-state index in [-0.39, 0.29) is 11.7 Å². The number of methoxy groups -OCH3 is 1. The van der Waals surface area contributed by atoms with Gasteiger partial charge in [0.25, 0.3) is 0 Å². The molecule has 0 saturated heterocycles. The first kappa shape index (κ1) is 24.1. The predicted octanol–water partition coefficient (Wildman–Crippen LogP) is 4.98. The van der Waals surface area contributed by atoms with E-state index in [2.05, 4.69) is 21.6 Å². The molecule has 1 N–H and O–H groups in total. The summed E-state index contributed by atoms with van der Waals surface area (Å²) in [6, 6.07) is 17.0. The molecule has 0 aliphatic heterocycles. The highest BCUT2D eigenvalue weighted by atomic mass is 35.5. The number of carbonyl (C=O) groups excluding carboxylic acids is 1. The molecule has 0 spiro atoms. The van der Waals surface area contributed by atoms with Crippen molar-refractivity contribution in [1.82, 2.24) is 14.8 Å². The summed E-state index contributed by atoms with van der Waals surface area (Å²) in [5.74, 6) is 0.984. The van der Waals surface area contributed by atoms with Gasteiger partial charge in [0.15, 0.2) is 11.0 Å². The van der Waals surface area contributed by atoms with Crippen LogP contribution in [0, 0.1) is 11.3 Å². The van der Waals surface area contributed by atoms with Crippen molar-refractivity contribution < 1.29 is 9.53 Å². The van der Waals surface area contributed by atoms with E-state index in [0.29, 0.717) is 40.6 Å². The first-order chi connectivity index (χ1) is 15.6. The Labute approximate surface area is 200 Å². The van der Waals surface area contributed by atoms with E-state index in [1.807, 2.05) is 53.1 Å². The van der Waals surface area contributed by atoms with E-state index in [1.54, 1.807) is 7.11 Å². The van der Waals surface area contributed by atoms with Crippen LogP contribution in [0.15, 0.2) is 58.6 Å². The zero-order chi connectivity index (χ0) is 22.8. The van der Waals surface area contributed by atoms with Crippen LogP contribution >= 0.6 is 35.1 Å². The van der Waals surface area contributed by atoms with Crippen molar-refractivity contribution in [3.05, 3.63) is 53.6 Å². The molecule has 0 aliphatic carbocycles. The van der Waals surface area contributed by atoms with Crippen molar-refractivity contribution in [1.29, 1.82) is 5.26 Å². The second-order valence-corrected chi connectivity index (χ2v) is 8.93. The lowest BCUT2D eigenvalue weighted by molar-refractivity contribution is -0.113. The lowest BCUT2D eigenvalue weighted by Crippen LogP contribution is -2.15. The minimum absolute atomic E-state index is 0.161. The SMILES string of the molecule is COCCCn1c(SCC(=O)Nc2ccccc2SCC#N)nnc1-c1ccccc1Cl. The molecule has 0 radical (unpaired) electrons. The smallest absolute Gasteiger partial charge is 0.234 e. The Balaban J connectivity index is 1.72. The molecule has 0 aliphatic rings.